The van der Waals surface area contributed by atoms with Gasteiger partial charge >= 0.3 is 6.18 Å². The summed E-state index contributed by atoms with van der Waals surface area (Å²) in [6.45, 7) is 1.03. The van der Waals surface area contributed by atoms with E-state index >= 15 is 0 Å². The number of hydrogen-bond donors (Lipinski definition) is 1. The second-order valence-corrected chi connectivity index (χ2v) is 3.25. The van der Waals surface area contributed by atoms with Gasteiger partial charge in [0.25, 0.3) is 0 Å². The quantitative estimate of drug-likeness (QED) is 0.763. The number of alkyl halides is 3. The molecule has 0 heterocycles. The Labute approximate surface area is 88.3 Å². The van der Waals surface area contributed by atoms with Crippen molar-refractivity contribution >= 4 is 17.4 Å². The lowest BCUT2D eigenvalue weighted by atomic mass is 10.1. The molecule has 82 valence electrons. The molecule has 0 bridgehead atoms. The Morgan fingerprint density at radius 1 is 1.40 bits per heavy atom. The van der Waals surface area contributed by atoms with Crippen molar-refractivity contribution in [2.75, 3.05) is 0 Å². The molecule has 1 aromatic rings. The van der Waals surface area contributed by atoms with Crippen molar-refractivity contribution in [3.05, 3.63) is 28.3 Å². The van der Waals surface area contributed by atoms with Crippen LogP contribution in [0.3, 0.4) is 0 Å². The highest BCUT2D eigenvalue weighted by Crippen LogP contribution is 2.39. The number of halogens is 4. The van der Waals surface area contributed by atoms with Crippen molar-refractivity contribution in [3.63, 3.8) is 0 Å². The molecule has 1 N–H and O–H groups in total. The summed E-state index contributed by atoms with van der Waals surface area (Å²) in [5.41, 5.74) is -1.64. The van der Waals surface area contributed by atoms with E-state index in [0.29, 0.717) is 6.07 Å². The molecule has 0 fully saturated rings. The van der Waals surface area contributed by atoms with Crippen molar-refractivity contribution in [1.82, 2.24) is 0 Å². The molecule has 0 spiro atoms. The molecule has 0 atom stereocenters. The minimum absolute atomic E-state index is 0.508. The van der Waals surface area contributed by atoms with Crippen LogP contribution >= 0.6 is 11.6 Å². The molecule has 0 saturated heterocycles. The van der Waals surface area contributed by atoms with Crippen molar-refractivity contribution in [1.29, 1.82) is 0 Å². The summed E-state index contributed by atoms with van der Waals surface area (Å²) in [7, 11) is 0. The monoisotopic (exact) mass is 238 g/mol. The average Bonchev–Trinajstić information content (AvgIpc) is 2.00. The third kappa shape index (κ3) is 2.23. The molecule has 6 heteroatoms. The fraction of sp³-hybridized carbons (Fsp3) is 0.222. The Kier molecular flexibility index (Phi) is 2.95. The second-order valence-electron chi connectivity index (χ2n) is 2.88. The van der Waals surface area contributed by atoms with E-state index in [1.54, 1.807) is 0 Å². The van der Waals surface area contributed by atoms with Gasteiger partial charge in [-0.2, -0.15) is 13.2 Å². The van der Waals surface area contributed by atoms with Crippen LogP contribution in [-0.2, 0) is 6.18 Å². The molecule has 0 aromatic heterocycles. The zero-order valence-corrected chi connectivity index (χ0v) is 8.28. The van der Waals surface area contributed by atoms with Crippen molar-refractivity contribution in [2.24, 2.45) is 0 Å². The number of Topliss-reactive ketones (excluding diaryl/α,β-unsaturated/α-hetero) is 1. The third-order valence-electron chi connectivity index (χ3n) is 1.78. The molecule has 1 rings (SSSR count). The van der Waals surface area contributed by atoms with Crippen LogP contribution in [0.5, 0.6) is 5.75 Å². The zero-order valence-electron chi connectivity index (χ0n) is 7.52. The molecule has 0 aliphatic carbocycles. The first kappa shape index (κ1) is 11.8. The lowest BCUT2D eigenvalue weighted by molar-refractivity contribution is -0.137. The van der Waals surface area contributed by atoms with Crippen LogP contribution in [0, 0.1) is 0 Å². The van der Waals surface area contributed by atoms with Gasteiger partial charge in [0.05, 0.1) is 16.1 Å². The topological polar surface area (TPSA) is 37.3 Å². The SMILES string of the molecule is CC(=O)c1c(O)ccc(C(F)(F)F)c1Cl. The van der Waals surface area contributed by atoms with Gasteiger partial charge in [-0.25, -0.2) is 0 Å². The summed E-state index contributed by atoms with van der Waals surface area (Å²) in [6, 6.07) is 1.43. The van der Waals surface area contributed by atoms with Gasteiger partial charge < -0.3 is 5.11 Å². The van der Waals surface area contributed by atoms with E-state index in [2.05, 4.69) is 0 Å². The Morgan fingerprint density at radius 3 is 2.33 bits per heavy atom. The van der Waals surface area contributed by atoms with Crippen LogP contribution in [-0.4, -0.2) is 10.9 Å². The highest BCUT2D eigenvalue weighted by Gasteiger charge is 2.35. The lowest BCUT2D eigenvalue weighted by Gasteiger charge is -2.11. The third-order valence-corrected chi connectivity index (χ3v) is 2.17. The Morgan fingerprint density at radius 2 is 1.93 bits per heavy atom. The summed E-state index contributed by atoms with van der Waals surface area (Å²) in [4.78, 5) is 11.0. The molecule has 0 radical (unpaired) electrons. The minimum atomic E-state index is -4.64. The summed E-state index contributed by atoms with van der Waals surface area (Å²) < 4.78 is 37.0. The number of aromatic hydroxyl groups is 1. The van der Waals surface area contributed by atoms with Gasteiger partial charge in [0.15, 0.2) is 5.78 Å². The fourth-order valence-corrected chi connectivity index (χ4v) is 1.52. The normalized spacial score (nSPS) is 11.5. The lowest BCUT2D eigenvalue weighted by Crippen LogP contribution is -2.08. The number of carbonyl (C=O) groups excluding carboxylic acids is 1. The molecule has 0 aliphatic rings. The number of rotatable bonds is 1. The van der Waals surface area contributed by atoms with Crippen LogP contribution in [0.2, 0.25) is 5.02 Å². The number of ketones is 1. The summed E-state index contributed by atoms with van der Waals surface area (Å²) >= 11 is 5.39. The predicted molar refractivity (Wildman–Crippen MR) is 48.1 cm³/mol. The van der Waals surface area contributed by atoms with Crippen molar-refractivity contribution in [3.8, 4) is 5.75 Å². The number of hydrogen-bond acceptors (Lipinski definition) is 2. The van der Waals surface area contributed by atoms with E-state index in [-0.39, 0.29) is 0 Å². The summed E-state index contributed by atoms with van der Waals surface area (Å²) in [5, 5.41) is 8.41. The van der Waals surface area contributed by atoms with Crippen LogP contribution in [0.4, 0.5) is 13.2 Å². The predicted octanol–water partition coefficient (Wildman–Crippen LogP) is 3.27. The molecule has 1 aromatic carbocycles. The highest BCUT2D eigenvalue weighted by atomic mass is 35.5. The molecular formula is C9H6ClF3O2. The van der Waals surface area contributed by atoms with E-state index in [1.165, 1.54) is 0 Å². The summed E-state index contributed by atoms with van der Waals surface area (Å²) in [6.07, 6.45) is -4.64. The fourth-order valence-electron chi connectivity index (χ4n) is 1.12. The van der Waals surface area contributed by atoms with Gasteiger partial charge in [-0.15, -0.1) is 0 Å². The first-order valence-corrected chi connectivity index (χ1v) is 4.22. The van der Waals surface area contributed by atoms with Crippen LogP contribution < -0.4 is 0 Å². The molecule has 0 amide bonds. The van der Waals surface area contributed by atoms with E-state index < -0.39 is 33.9 Å². The van der Waals surface area contributed by atoms with Crippen molar-refractivity contribution in [2.45, 2.75) is 13.1 Å². The van der Waals surface area contributed by atoms with Crippen molar-refractivity contribution < 1.29 is 23.1 Å². The van der Waals surface area contributed by atoms with E-state index in [0.717, 1.165) is 13.0 Å². The first-order valence-electron chi connectivity index (χ1n) is 3.84. The van der Waals surface area contributed by atoms with Crippen LogP contribution in [0.1, 0.15) is 22.8 Å². The maximum absolute atomic E-state index is 12.3. The molecule has 0 unspecified atom stereocenters. The number of phenols is 1. The second kappa shape index (κ2) is 3.73. The van der Waals surface area contributed by atoms with Crippen LogP contribution in [0.25, 0.3) is 0 Å². The number of benzene rings is 1. The largest absolute Gasteiger partial charge is 0.507 e. The summed E-state index contributed by atoms with van der Waals surface area (Å²) in [5.74, 6) is -1.27. The molecule has 0 saturated carbocycles. The first-order chi connectivity index (χ1) is 6.75. The van der Waals surface area contributed by atoms with E-state index in [9.17, 15) is 23.1 Å². The molecule has 2 nitrogen and oxygen atoms in total. The van der Waals surface area contributed by atoms with Gasteiger partial charge in [0.2, 0.25) is 0 Å². The number of carbonyl (C=O) groups is 1. The standard InChI is InChI=1S/C9H6ClF3O2/c1-4(14)7-6(15)3-2-5(8(7)10)9(11,12)13/h2-3,15H,1H3. The molecule has 0 aliphatic heterocycles. The van der Waals surface area contributed by atoms with Gasteiger partial charge in [0.1, 0.15) is 5.75 Å². The maximum atomic E-state index is 12.3. The molecular weight excluding hydrogens is 233 g/mol. The Bertz CT molecular complexity index is 413. The number of phenolic OH excluding ortho intramolecular Hbond substituents is 1. The average molecular weight is 239 g/mol. The van der Waals surface area contributed by atoms with Gasteiger partial charge in [-0.3, -0.25) is 4.79 Å². The van der Waals surface area contributed by atoms with E-state index in [4.69, 9.17) is 11.6 Å². The highest BCUT2D eigenvalue weighted by molar-refractivity contribution is 6.35. The Balaban J connectivity index is 3.49. The van der Waals surface area contributed by atoms with Crippen LogP contribution in [0.15, 0.2) is 12.1 Å². The van der Waals surface area contributed by atoms with Gasteiger partial charge in [-0.05, 0) is 19.1 Å². The minimum Gasteiger partial charge on any atom is -0.507 e. The van der Waals surface area contributed by atoms with Gasteiger partial charge in [0, 0.05) is 0 Å². The van der Waals surface area contributed by atoms with E-state index in [1.807, 2.05) is 0 Å². The molecule has 15 heavy (non-hydrogen) atoms. The maximum Gasteiger partial charge on any atom is 0.417 e. The van der Waals surface area contributed by atoms with Gasteiger partial charge in [-0.1, -0.05) is 11.6 Å². The Hall–Kier alpha value is -1.23. The smallest absolute Gasteiger partial charge is 0.417 e. The zero-order chi connectivity index (χ0) is 11.8.